The van der Waals surface area contributed by atoms with Gasteiger partial charge in [-0.3, -0.25) is 4.79 Å². The van der Waals surface area contributed by atoms with Crippen LogP contribution in [0, 0.1) is 0 Å². The van der Waals surface area contributed by atoms with E-state index in [2.05, 4.69) is 19.1 Å². The molecular formula is C21H40O2. The van der Waals surface area contributed by atoms with Gasteiger partial charge >= 0.3 is 5.97 Å². The minimum absolute atomic E-state index is 0.332. The fourth-order valence-electron chi connectivity index (χ4n) is 2.88. The molecule has 1 N–H and O–H groups in total. The van der Waals surface area contributed by atoms with Crippen molar-refractivity contribution in [1.29, 1.82) is 0 Å². The van der Waals surface area contributed by atoms with Crippen LogP contribution in [0.1, 0.15) is 116 Å². The van der Waals surface area contributed by atoms with Crippen molar-refractivity contribution in [1.82, 2.24) is 0 Å². The molecular weight excluding hydrogens is 284 g/mol. The molecule has 0 saturated heterocycles. The molecule has 0 aromatic heterocycles. The molecule has 136 valence electrons. The first-order valence-corrected chi connectivity index (χ1v) is 10.1. The third kappa shape index (κ3) is 21.2. The van der Waals surface area contributed by atoms with Crippen molar-refractivity contribution in [2.45, 2.75) is 116 Å². The zero-order valence-electron chi connectivity index (χ0n) is 15.5. The summed E-state index contributed by atoms with van der Waals surface area (Å²) in [6.07, 6.45) is 25.7. The topological polar surface area (TPSA) is 37.3 Å². The van der Waals surface area contributed by atoms with Gasteiger partial charge in [-0.15, -0.1) is 0 Å². The SMILES string of the molecule is CCCCCCCCCCCC=CCCCCCCCC(=O)O. The summed E-state index contributed by atoms with van der Waals surface area (Å²) in [4.78, 5) is 10.4. The van der Waals surface area contributed by atoms with E-state index in [-0.39, 0.29) is 0 Å². The van der Waals surface area contributed by atoms with Crippen LogP contribution in [0.3, 0.4) is 0 Å². The van der Waals surface area contributed by atoms with E-state index in [4.69, 9.17) is 5.11 Å². The Hall–Kier alpha value is -0.790. The molecule has 0 aliphatic rings. The number of aliphatic carboxylic acids is 1. The van der Waals surface area contributed by atoms with Gasteiger partial charge in [-0.2, -0.15) is 0 Å². The summed E-state index contributed by atoms with van der Waals surface area (Å²) >= 11 is 0. The molecule has 0 amide bonds. The Morgan fingerprint density at radius 2 is 1.04 bits per heavy atom. The normalized spacial score (nSPS) is 11.3. The molecule has 0 aliphatic heterocycles. The number of unbranched alkanes of at least 4 members (excludes halogenated alkanes) is 14. The molecule has 0 aliphatic carbocycles. The van der Waals surface area contributed by atoms with Crippen LogP contribution < -0.4 is 0 Å². The van der Waals surface area contributed by atoms with Crippen LogP contribution in [0.25, 0.3) is 0 Å². The molecule has 0 bridgehead atoms. The van der Waals surface area contributed by atoms with Gasteiger partial charge in [-0.05, 0) is 32.1 Å². The first-order chi connectivity index (χ1) is 11.3. The Morgan fingerprint density at radius 1 is 0.652 bits per heavy atom. The second-order valence-electron chi connectivity index (χ2n) is 6.79. The molecule has 2 nitrogen and oxygen atoms in total. The van der Waals surface area contributed by atoms with Crippen molar-refractivity contribution in [3.63, 3.8) is 0 Å². The third-order valence-electron chi connectivity index (χ3n) is 4.40. The first kappa shape index (κ1) is 22.2. The number of carbonyl (C=O) groups is 1. The fraction of sp³-hybridized carbons (Fsp3) is 0.857. The standard InChI is InChI=1S/C21H40O2/c1-2-3-4-5-6-7-8-9-10-11-12-13-14-15-16-17-18-19-20-21(22)23/h12-13H,2-11,14-20H2,1H3,(H,22,23). The summed E-state index contributed by atoms with van der Waals surface area (Å²) in [5.74, 6) is -0.663. The van der Waals surface area contributed by atoms with Crippen LogP contribution in [0.5, 0.6) is 0 Å². The van der Waals surface area contributed by atoms with Crippen molar-refractivity contribution in [2.75, 3.05) is 0 Å². The van der Waals surface area contributed by atoms with E-state index >= 15 is 0 Å². The summed E-state index contributed by atoms with van der Waals surface area (Å²) < 4.78 is 0. The van der Waals surface area contributed by atoms with Crippen molar-refractivity contribution in [3.8, 4) is 0 Å². The molecule has 0 aromatic rings. The average Bonchev–Trinajstić information content (AvgIpc) is 2.53. The monoisotopic (exact) mass is 324 g/mol. The highest BCUT2D eigenvalue weighted by Gasteiger charge is 1.96. The predicted octanol–water partition coefficient (Wildman–Crippen LogP) is 7.28. The van der Waals surface area contributed by atoms with Crippen molar-refractivity contribution in [2.24, 2.45) is 0 Å². The van der Waals surface area contributed by atoms with Crippen molar-refractivity contribution >= 4 is 5.97 Å². The molecule has 0 unspecified atom stereocenters. The zero-order valence-corrected chi connectivity index (χ0v) is 15.5. The molecule has 0 saturated carbocycles. The second-order valence-corrected chi connectivity index (χ2v) is 6.79. The van der Waals surface area contributed by atoms with Gasteiger partial charge in [0.15, 0.2) is 0 Å². The predicted molar refractivity (Wildman–Crippen MR) is 101 cm³/mol. The van der Waals surface area contributed by atoms with Crippen molar-refractivity contribution in [3.05, 3.63) is 12.2 Å². The zero-order chi connectivity index (χ0) is 17.0. The smallest absolute Gasteiger partial charge is 0.303 e. The Bertz CT molecular complexity index is 271. The van der Waals surface area contributed by atoms with E-state index in [1.165, 1.54) is 89.9 Å². The Morgan fingerprint density at radius 3 is 1.48 bits per heavy atom. The van der Waals surface area contributed by atoms with Gasteiger partial charge in [0.1, 0.15) is 0 Å². The van der Waals surface area contributed by atoms with Gasteiger partial charge in [-0.1, -0.05) is 89.7 Å². The fourth-order valence-corrected chi connectivity index (χ4v) is 2.88. The summed E-state index contributed by atoms with van der Waals surface area (Å²) in [5, 5.41) is 8.54. The Balaban J connectivity index is 3.07. The third-order valence-corrected chi connectivity index (χ3v) is 4.40. The van der Waals surface area contributed by atoms with Crippen molar-refractivity contribution < 1.29 is 9.90 Å². The van der Waals surface area contributed by atoms with E-state index in [1.807, 2.05) is 0 Å². The summed E-state index contributed by atoms with van der Waals surface area (Å²) in [6, 6.07) is 0. The maximum absolute atomic E-state index is 10.4. The highest BCUT2D eigenvalue weighted by Crippen LogP contribution is 2.11. The van der Waals surface area contributed by atoms with Gasteiger partial charge in [0.25, 0.3) is 0 Å². The van der Waals surface area contributed by atoms with E-state index in [1.54, 1.807) is 0 Å². The molecule has 0 aromatic carbocycles. The second kappa shape index (κ2) is 19.3. The molecule has 0 fully saturated rings. The molecule has 0 heterocycles. The van der Waals surface area contributed by atoms with Gasteiger partial charge < -0.3 is 5.11 Å². The lowest BCUT2D eigenvalue weighted by Gasteiger charge is -2.00. The van der Waals surface area contributed by atoms with Gasteiger partial charge in [-0.25, -0.2) is 0 Å². The van der Waals surface area contributed by atoms with Crippen LogP contribution in [0.15, 0.2) is 12.2 Å². The van der Waals surface area contributed by atoms with E-state index < -0.39 is 5.97 Å². The molecule has 0 atom stereocenters. The number of carboxylic acid groups (broad SMARTS) is 1. The summed E-state index contributed by atoms with van der Waals surface area (Å²) in [5.41, 5.74) is 0. The maximum atomic E-state index is 10.4. The number of allylic oxidation sites excluding steroid dienone is 2. The molecule has 0 radical (unpaired) electrons. The van der Waals surface area contributed by atoms with Gasteiger partial charge in [0.2, 0.25) is 0 Å². The maximum Gasteiger partial charge on any atom is 0.303 e. The van der Waals surface area contributed by atoms with E-state index in [0.29, 0.717) is 6.42 Å². The lowest BCUT2D eigenvalue weighted by atomic mass is 10.1. The summed E-state index contributed by atoms with van der Waals surface area (Å²) in [7, 11) is 0. The number of hydrogen-bond acceptors (Lipinski definition) is 1. The van der Waals surface area contributed by atoms with Gasteiger partial charge in [0.05, 0.1) is 0 Å². The molecule has 23 heavy (non-hydrogen) atoms. The van der Waals surface area contributed by atoms with Crippen LogP contribution in [-0.4, -0.2) is 11.1 Å². The lowest BCUT2D eigenvalue weighted by Crippen LogP contribution is -1.93. The summed E-state index contributed by atoms with van der Waals surface area (Å²) in [6.45, 7) is 2.27. The number of rotatable bonds is 18. The van der Waals surface area contributed by atoms with Crippen LogP contribution in [0.4, 0.5) is 0 Å². The quantitative estimate of drug-likeness (QED) is 0.212. The molecule has 0 spiro atoms. The largest absolute Gasteiger partial charge is 0.481 e. The van der Waals surface area contributed by atoms with E-state index in [0.717, 1.165) is 12.8 Å². The lowest BCUT2D eigenvalue weighted by molar-refractivity contribution is -0.137. The number of hydrogen-bond donors (Lipinski definition) is 1. The van der Waals surface area contributed by atoms with E-state index in [9.17, 15) is 4.79 Å². The molecule has 2 heteroatoms. The Labute approximate surface area is 144 Å². The first-order valence-electron chi connectivity index (χ1n) is 10.1. The minimum atomic E-state index is -0.663. The van der Waals surface area contributed by atoms with Crippen LogP contribution in [0.2, 0.25) is 0 Å². The molecule has 0 rings (SSSR count). The Kier molecular flexibility index (Phi) is 18.6. The highest BCUT2D eigenvalue weighted by atomic mass is 16.4. The van der Waals surface area contributed by atoms with Crippen LogP contribution in [-0.2, 0) is 4.79 Å². The minimum Gasteiger partial charge on any atom is -0.481 e. The number of carboxylic acids is 1. The van der Waals surface area contributed by atoms with Crippen LogP contribution >= 0.6 is 0 Å². The highest BCUT2D eigenvalue weighted by molar-refractivity contribution is 5.66. The van der Waals surface area contributed by atoms with Gasteiger partial charge in [0, 0.05) is 6.42 Å². The average molecular weight is 325 g/mol.